The Morgan fingerprint density at radius 3 is 2.81 bits per heavy atom. The van der Waals surface area contributed by atoms with Crippen molar-refractivity contribution in [2.45, 2.75) is 13.5 Å². The summed E-state index contributed by atoms with van der Waals surface area (Å²) in [6.07, 6.45) is 0. The standard InChI is InChI=1S/C12H19BrN2O/c1-9(6-14)7-15-8-10-3-4-12(16-2)11(13)5-10/h3-5,9,15H,6-8,14H2,1-2H3. The van der Waals surface area contributed by atoms with E-state index in [0.29, 0.717) is 5.92 Å². The van der Waals surface area contributed by atoms with Crippen LogP contribution in [0.3, 0.4) is 0 Å². The summed E-state index contributed by atoms with van der Waals surface area (Å²) in [6, 6.07) is 6.09. The molecule has 1 unspecified atom stereocenters. The van der Waals surface area contributed by atoms with Gasteiger partial charge in [0.1, 0.15) is 5.75 Å². The maximum atomic E-state index is 5.55. The monoisotopic (exact) mass is 286 g/mol. The third-order valence-corrected chi connectivity index (χ3v) is 3.06. The molecule has 4 heteroatoms. The number of rotatable bonds is 6. The van der Waals surface area contributed by atoms with Gasteiger partial charge < -0.3 is 15.8 Å². The maximum absolute atomic E-state index is 5.55. The van der Waals surface area contributed by atoms with Crippen LogP contribution in [0, 0.1) is 5.92 Å². The first kappa shape index (κ1) is 13.5. The van der Waals surface area contributed by atoms with Crippen LogP contribution in [0.2, 0.25) is 0 Å². The van der Waals surface area contributed by atoms with E-state index in [9.17, 15) is 0 Å². The molecule has 0 aliphatic carbocycles. The summed E-state index contributed by atoms with van der Waals surface area (Å²) in [4.78, 5) is 0. The second-order valence-corrected chi connectivity index (χ2v) is 4.80. The highest BCUT2D eigenvalue weighted by atomic mass is 79.9. The molecule has 0 spiro atoms. The predicted molar refractivity (Wildman–Crippen MR) is 70.6 cm³/mol. The third kappa shape index (κ3) is 4.12. The highest BCUT2D eigenvalue weighted by molar-refractivity contribution is 9.10. The van der Waals surface area contributed by atoms with Crippen molar-refractivity contribution in [3.63, 3.8) is 0 Å². The van der Waals surface area contributed by atoms with Crippen molar-refractivity contribution in [2.75, 3.05) is 20.2 Å². The first-order valence-electron chi connectivity index (χ1n) is 5.40. The summed E-state index contributed by atoms with van der Waals surface area (Å²) in [7, 11) is 1.67. The summed E-state index contributed by atoms with van der Waals surface area (Å²) in [6.45, 7) is 4.66. The minimum Gasteiger partial charge on any atom is -0.496 e. The first-order chi connectivity index (χ1) is 7.67. The van der Waals surface area contributed by atoms with Gasteiger partial charge in [0, 0.05) is 6.54 Å². The molecule has 0 amide bonds. The van der Waals surface area contributed by atoms with Crippen molar-refractivity contribution in [1.82, 2.24) is 5.32 Å². The second kappa shape index (κ2) is 6.89. The number of nitrogens with two attached hydrogens (primary N) is 1. The Hall–Kier alpha value is -0.580. The average Bonchev–Trinajstić information content (AvgIpc) is 2.29. The molecule has 0 radical (unpaired) electrons. The van der Waals surface area contributed by atoms with E-state index in [1.165, 1.54) is 5.56 Å². The van der Waals surface area contributed by atoms with Crippen molar-refractivity contribution < 1.29 is 4.74 Å². The van der Waals surface area contributed by atoms with Crippen molar-refractivity contribution >= 4 is 15.9 Å². The van der Waals surface area contributed by atoms with E-state index in [4.69, 9.17) is 10.5 Å². The van der Waals surface area contributed by atoms with Crippen molar-refractivity contribution in [2.24, 2.45) is 11.7 Å². The molecular weight excluding hydrogens is 268 g/mol. The Labute approximate surface area is 105 Å². The van der Waals surface area contributed by atoms with Crippen LogP contribution < -0.4 is 15.8 Å². The van der Waals surface area contributed by atoms with Gasteiger partial charge in [0.05, 0.1) is 11.6 Å². The summed E-state index contributed by atoms with van der Waals surface area (Å²) in [5.41, 5.74) is 6.78. The van der Waals surface area contributed by atoms with Crippen LogP contribution in [0.5, 0.6) is 5.75 Å². The fourth-order valence-electron chi connectivity index (χ4n) is 1.37. The molecule has 0 aromatic heterocycles. The maximum Gasteiger partial charge on any atom is 0.133 e. The Morgan fingerprint density at radius 2 is 2.25 bits per heavy atom. The van der Waals surface area contributed by atoms with E-state index in [0.717, 1.165) is 29.9 Å². The molecule has 0 aliphatic heterocycles. The van der Waals surface area contributed by atoms with E-state index < -0.39 is 0 Å². The lowest BCUT2D eigenvalue weighted by atomic mass is 10.1. The molecule has 0 saturated carbocycles. The van der Waals surface area contributed by atoms with Gasteiger partial charge in [-0.15, -0.1) is 0 Å². The van der Waals surface area contributed by atoms with Crippen LogP contribution >= 0.6 is 15.9 Å². The minimum atomic E-state index is 0.515. The lowest BCUT2D eigenvalue weighted by Gasteiger charge is -2.11. The van der Waals surface area contributed by atoms with Crippen LogP contribution in [0.4, 0.5) is 0 Å². The highest BCUT2D eigenvalue weighted by Crippen LogP contribution is 2.25. The largest absolute Gasteiger partial charge is 0.496 e. The van der Waals surface area contributed by atoms with Crippen LogP contribution in [-0.4, -0.2) is 20.2 Å². The third-order valence-electron chi connectivity index (χ3n) is 2.44. The molecule has 1 aromatic rings. The fraction of sp³-hybridized carbons (Fsp3) is 0.500. The molecule has 0 bridgehead atoms. The lowest BCUT2D eigenvalue weighted by Crippen LogP contribution is -2.25. The van der Waals surface area contributed by atoms with Gasteiger partial charge in [0.2, 0.25) is 0 Å². The molecule has 3 N–H and O–H groups in total. The van der Waals surface area contributed by atoms with Gasteiger partial charge in [-0.25, -0.2) is 0 Å². The van der Waals surface area contributed by atoms with Crippen LogP contribution in [0.25, 0.3) is 0 Å². The van der Waals surface area contributed by atoms with Gasteiger partial charge in [-0.2, -0.15) is 0 Å². The predicted octanol–water partition coefficient (Wildman–Crippen LogP) is 2.14. The fourth-order valence-corrected chi connectivity index (χ4v) is 1.95. The molecular formula is C12H19BrN2O. The summed E-state index contributed by atoms with van der Waals surface area (Å²) in [5.74, 6) is 1.38. The number of halogens is 1. The molecule has 3 nitrogen and oxygen atoms in total. The quantitative estimate of drug-likeness (QED) is 0.842. The van der Waals surface area contributed by atoms with Crippen LogP contribution in [0.1, 0.15) is 12.5 Å². The van der Waals surface area contributed by atoms with E-state index in [1.54, 1.807) is 7.11 Å². The molecule has 1 aromatic carbocycles. The van der Waals surface area contributed by atoms with Crippen LogP contribution in [-0.2, 0) is 6.54 Å². The van der Waals surface area contributed by atoms with E-state index in [2.05, 4.69) is 40.3 Å². The van der Waals surface area contributed by atoms with Gasteiger partial charge >= 0.3 is 0 Å². The van der Waals surface area contributed by atoms with Crippen LogP contribution in [0.15, 0.2) is 22.7 Å². The number of nitrogens with one attached hydrogen (secondary N) is 1. The summed E-state index contributed by atoms with van der Waals surface area (Å²) < 4.78 is 6.16. The van der Waals surface area contributed by atoms with Gasteiger partial charge in [-0.1, -0.05) is 13.0 Å². The SMILES string of the molecule is COc1ccc(CNCC(C)CN)cc1Br. The molecule has 1 atom stereocenters. The van der Waals surface area contributed by atoms with Crippen molar-refractivity contribution in [1.29, 1.82) is 0 Å². The zero-order valence-electron chi connectivity index (χ0n) is 9.79. The molecule has 90 valence electrons. The van der Waals surface area contributed by atoms with Crippen molar-refractivity contribution in [3.05, 3.63) is 28.2 Å². The van der Waals surface area contributed by atoms with E-state index >= 15 is 0 Å². The number of hydrogen-bond acceptors (Lipinski definition) is 3. The van der Waals surface area contributed by atoms with Gasteiger partial charge in [-0.05, 0) is 52.6 Å². The van der Waals surface area contributed by atoms with E-state index in [1.807, 2.05) is 6.07 Å². The normalized spacial score (nSPS) is 12.5. The van der Waals surface area contributed by atoms with E-state index in [-0.39, 0.29) is 0 Å². The Balaban J connectivity index is 2.46. The van der Waals surface area contributed by atoms with Gasteiger partial charge in [-0.3, -0.25) is 0 Å². The molecule has 0 heterocycles. The molecule has 1 rings (SSSR count). The highest BCUT2D eigenvalue weighted by Gasteiger charge is 2.02. The van der Waals surface area contributed by atoms with Gasteiger partial charge in [0.25, 0.3) is 0 Å². The second-order valence-electron chi connectivity index (χ2n) is 3.94. The minimum absolute atomic E-state index is 0.515. The zero-order valence-corrected chi connectivity index (χ0v) is 11.4. The van der Waals surface area contributed by atoms with Gasteiger partial charge in [0.15, 0.2) is 0 Å². The summed E-state index contributed by atoms with van der Waals surface area (Å²) in [5, 5.41) is 3.38. The first-order valence-corrected chi connectivity index (χ1v) is 6.20. The number of hydrogen-bond donors (Lipinski definition) is 2. The molecule has 0 aliphatic rings. The molecule has 0 saturated heterocycles. The lowest BCUT2D eigenvalue weighted by molar-refractivity contribution is 0.412. The zero-order chi connectivity index (χ0) is 12.0. The molecule has 16 heavy (non-hydrogen) atoms. The Kier molecular flexibility index (Phi) is 5.80. The number of benzene rings is 1. The number of methoxy groups -OCH3 is 1. The summed E-state index contributed by atoms with van der Waals surface area (Å²) >= 11 is 3.47. The molecule has 0 fully saturated rings. The Bertz CT molecular complexity index is 331. The topological polar surface area (TPSA) is 47.3 Å². The Morgan fingerprint density at radius 1 is 1.50 bits per heavy atom. The average molecular weight is 287 g/mol. The van der Waals surface area contributed by atoms with Crippen molar-refractivity contribution in [3.8, 4) is 5.75 Å². The smallest absolute Gasteiger partial charge is 0.133 e. The number of ether oxygens (including phenoxy) is 1.